The number of hydrogen-bond acceptors (Lipinski definition) is 7. The monoisotopic (exact) mass is 342 g/mol. The second kappa shape index (κ2) is 14.4. The summed E-state index contributed by atoms with van der Waals surface area (Å²) in [5.74, 6) is 0. The van der Waals surface area contributed by atoms with Crippen LogP contribution in [0.1, 0.15) is 0 Å². The van der Waals surface area contributed by atoms with E-state index < -0.39 is 11.7 Å². The molecule has 8 radical (unpaired) electrons. The summed E-state index contributed by atoms with van der Waals surface area (Å²) >= 11 is 0. The first-order valence-electron chi connectivity index (χ1n) is 7.49. The molecule has 0 aliphatic carbocycles. The second-order valence-electron chi connectivity index (χ2n) is 4.65. The highest BCUT2D eigenvalue weighted by atomic mass is 16.6. The molecular weight excluding hydrogens is 316 g/mol. The molecule has 0 aromatic rings. The highest BCUT2D eigenvalue weighted by Gasteiger charge is 2.20. The average Bonchev–Trinajstić information content (AvgIpc) is 2.50. The number of hydrogen-bond donors (Lipinski definition) is 1. The topological polar surface area (TPSA) is 92.5 Å². The van der Waals surface area contributed by atoms with Crippen LogP contribution in [0, 0.1) is 27.8 Å². The fraction of sp³-hybridized carbons (Fsp3) is 0.688. The Bertz CT molecular complexity index is 309. The summed E-state index contributed by atoms with van der Waals surface area (Å²) in [6.45, 7) is 19.3. The van der Waals surface area contributed by atoms with Crippen LogP contribution >= 0.6 is 0 Å². The van der Waals surface area contributed by atoms with Gasteiger partial charge in [0.15, 0.2) is 0 Å². The maximum absolute atomic E-state index is 11.3. The third-order valence-electron chi connectivity index (χ3n) is 2.35. The highest BCUT2D eigenvalue weighted by Crippen LogP contribution is 2.07. The number of nitrogens with zero attached hydrogens (tertiary/aromatic N) is 1. The van der Waals surface area contributed by atoms with E-state index in [0.717, 1.165) is 4.90 Å². The lowest BCUT2D eigenvalue weighted by Crippen LogP contribution is -2.35. The number of nitrogens with two attached hydrogens (primary N) is 1. The minimum Gasteiger partial charge on any atom is -0.442 e. The number of ether oxygens (including phenoxy) is 5. The van der Waals surface area contributed by atoms with Crippen molar-refractivity contribution in [2.24, 2.45) is 5.73 Å². The lowest BCUT2D eigenvalue weighted by molar-refractivity contribution is -0.00285. The largest absolute Gasteiger partial charge is 0.442 e. The van der Waals surface area contributed by atoms with Crippen molar-refractivity contribution in [3.8, 4) is 0 Å². The predicted molar refractivity (Wildman–Crippen MR) is 85.4 cm³/mol. The van der Waals surface area contributed by atoms with Crippen molar-refractivity contribution >= 4 is 6.09 Å². The Labute approximate surface area is 145 Å². The fourth-order valence-electron chi connectivity index (χ4n) is 1.31. The zero-order chi connectivity index (χ0) is 18.3. The molecule has 0 aliphatic heterocycles. The van der Waals surface area contributed by atoms with Gasteiger partial charge in [-0.3, -0.25) is 4.90 Å². The van der Waals surface area contributed by atoms with Gasteiger partial charge in [0, 0.05) is 33.9 Å². The standard InChI is InChI=1S/C16H26N2O6/c1-16(2,3)24-15(19)18(4)6-8-21-10-12-23-14-13-22-11-9-20-7-5-17/h1-4H,5-14,17H2. The Balaban J connectivity index is 3.32. The molecule has 8 nitrogen and oxygen atoms in total. The van der Waals surface area contributed by atoms with E-state index in [1.807, 2.05) is 0 Å². The molecule has 8 heteroatoms. The van der Waals surface area contributed by atoms with Gasteiger partial charge >= 0.3 is 6.09 Å². The van der Waals surface area contributed by atoms with Gasteiger partial charge in [0.25, 0.3) is 0 Å². The van der Waals surface area contributed by atoms with Crippen LogP contribution < -0.4 is 5.73 Å². The summed E-state index contributed by atoms with van der Waals surface area (Å²) in [4.78, 5) is 12.1. The van der Waals surface area contributed by atoms with Crippen molar-refractivity contribution in [1.82, 2.24) is 4.90 Å². The first kappa shape index (κ1) is 23.1. The third kappa shape index (κ3) is 15.9. The number of rotatable bonds is 15. The van der Waals surface area contributed by atoms with Crippen LogP contribution in [0.2, 0.25) is 0 Å². The first-order valence-corrected chi connectivity index (χ1v) is 7.49. The van der Waals surface area contributed by atoms with Gasteiger partial charge in [-0.15, -0.1) is 0 Å². The van der Waals surface area contributed by atoms with Crippen LogP contribution in [-0.4, -0.2) is 82.5 Å². The van der Waals surface area contributed by atoms with E-state index in [4.69, 9.17) is 52.5 Å². The molecule has 0 aromatic carbocycles. The van der Waals surface area contributed by atoms with Crippen molar-refractivity contribution < 1.29 is 28.5 Å². The summed E-state index contributed by atoms with van der Waals surface area (Å²) in [5.41, 5.74) is 3.20. The first-order chi connectivity index (χ1) is 11.4. The molecule has 0 heterocycles. The van der Waals surface area contributed by atoms with Crippen molar-refractivity contribution in [2.45, 2.75) is 5.60 Å². The maximum atomic E-state index is 11.3. The molecule has 0 aliphatic rings. The Hall–Kier alpha value is -0.930. The van der Waals surface area contributed by atoms with Gasteiger partial charge in [-0.05, 0) is 0 Å². The molecule has 0 aromatic heterocycles. The van der Waals surface area contributed by atoms with E-state index in [-0.39, 0.29) is 13.2 Å². The Morgan fingerprint density at radius 3 is 1.67 bits per heavy atom. The van der Waals surface area contributed by atoms with Gasteiger partial charge in [0.05, 0.1) is 59.9 Å². The minimum atomic E-state index is -2.07. The molecule has 0 atom stereocenters. The molecule has 0 spiro atoms. The maximum Gasteiger partial charge on any atom is 0.410 e. The Morgan fingerprint density at radius 2 is 1.25 bits per heavy atom. The normalized spacial score (nSPS) is 11.5. The summed E-state index contributed by atoms with van der Waals surface area (Å²) in [5, 5.41) is 0. The molecule has 1 amide bonds. The van der Waals surface area contributed by atoms with E-state index >= 15 is 0 Å². The number of carbonyl (C=O) groups excluding carboxylic acids is 1. The van der Waals surface area contributed by atoms with Crippen LogP contribution in [0.25, 0.3) is 0 Å². The van der Waals surface area contributed by atoms with Gasteiger partial charge < -0.3 is 29.4 Å². The quantitative estimate of drug-likeness (QED) is 0.330. The molecule has 0 fully saturated rings. The lowest BCUT2D eigenvalue weighted by atomic mass is 10.2. The molecule has 0 saturated heterocycles. The number of amides is 1. The van der Waals surface area contributed by atoms with Crippen molar-refractivity contribution in [1.29, 1.82) is 0 Å². The van der Waals surface area contributed by atoms with Crippen LogP contribution in [0.4, 0.5) is 4.79 Å². The molecule has 24 heavy (non-hydrogen) atoms. The van der Waals surface area contributed by atoms with Crippen LogP contribution in [-0.2, 0) is 23.7 Å². The highest BCUT2D eigenvalue weighted by molar-refractivity contribution is 5.68. The molecule has 0 bridgehead atoms. The van der Waals surface area contributed by atoms with Gasteiger partial charge in [0.1, 0.15) is 5.60 Å². The van der Waals surface area contributed by atoms with E-state index in [2.05, 4.69) is 4.74 Å². The summed E-state index contributed by atoms with van der Waals surface area (Å²) < 4.78 is 25.4. The molecule has 136 valence electrons. The molecule has 0 rings (SSSR count). The summed E-state index contributed by atoms with van der Waals surface area (Å²) in [6.07, 6.45) is -0.949. The zero-order valence-corrected chi connectivity index (χ0v) is 13.9. The summed E-state index contributed by atoms with van der Waals surface area (Å²) in [7, 11) is 5.41. The third-order valence-corrected chi connectivity index (χ3v) is 2.35. The average molecular weight is 342 g/mol. The minimum absolute atomic E-state index is 0.0842. The van der Waals surface area contributed by atoms with Crippen LogP contribution in [0.5, 0.6) is 0 Å². The molecule has 2 N–H and O–H groups in total. The van der Waals surface area contributed by atoms with Gasteiger partial charge in [-0.2, -0.15) is 0 Å². The number of carbonyl (C=O) groups is 1. The zero-order valence-electron chi connectivity index (χ0n) is 13.9. The molecule has 0 saturated carbocycles. The molecular formula is C16H26N2O6. The van der Waals surface area contributed by atoms with Crippen LogP contribution in [0.3, 0.4) is 0 Å². The van der Waals surface area contributed by atoms with Gasteiger partial charge in [-0.25, -0.2) is 4.79 Å². The Kier molecular flexibility index (Phi) is 13.9. The van der Waals surface area contributed by atoms with Crippen molar-refractivity contribution in [3.05, 3.63) is 27.8 Å². The lowest BCUT2D eigenvalue weighted by Gasteiger charge is -2.23. The fourth-order valence-corrected chi connectivity index (χ4v) is 1.31. The van der Waals surface area contributed by atoms with E-state index in [1.54, 1.807) is 0 Å². The predicted octanol–water partition coefficient (Wildman–Crippen LogP) is -0.00924. The SMILES string of the molecule is [CH]N(CCOCCOCCOCCOCCN)C(=O)OC([CH])([CH])[CH]. The van der Waals surface area contributed by atoms with Crippen molar-refractivity contribution in [2.75, 3.05) is 65.9 Å². The van der Waals surface area contributed by atoms with Crippen LogP contribution in [0.15, 0.2) is 0 Å². The Morgan fingerprint density at radius 1 is 0.833 bits per heavy atom. The summed E-state index contributed by atoms with van der Waals surface area (Å²) in [6, 6.07) is 0. The van der Waals surface area contributed by atoms with Gasteiger partial charge in [-0.1, -0.05) is 0 Å². The van der Waals surface area contributed by atoms with E-state index in [0.29, 0.717) is 52.8 Å². The van der Waals surface area contributed by atoms with Gasteiger partial charge in [0.2, 0.25) is 0 Å². The van der Waals surface area contributed by atoms with E-state index in [1.165, 1.54) is 0 Å². The smallest absolute Gasteiger partial charge is 0.410 e. The van der Waals surface area contributed by atoms with Crippen molar-refractivity contribution in [3.63, 3.8) is 0 Å². The molecule has 0 unspecified atom stereocenters. The second-order valence-corrected chi connectivity index (χ2v) is 4.65. The van der Waals surface area contributed by atoms with E-state index in [9.17, 15) is 4.79 Å².